The molecule has 3 aliphatic rings. The van der Waals surface area contributed by atoms with Gasteiger partial charge in [-0.3, -0.25) is 10.1 Å². The quantitative estimate of drug-likeness (QED) is 0.186. The molecule has 2 heterocycles. The second-order valence-electron chi connectivity index (χ2n) is 8.89. The van der Waals surface area contributed by atoms with E-state index < -0.39 is 30.3 Å². The Morgan fingerprint density at radius 3 is 2.69 bits per heavy atom. The normalized spacial score (nSPS) is 41.0. The van der Waals surface area contributed by atoms with E-state index in [1.54, 1.807) is 0 Å². The lowest BCUT2D eigenvalue weighted by molar-refractivity contribution is -0.270. The number of esters is 2. The van der Waals surface area contributed by atoms with E-state index in [1.165, 1.54) is 6.92 Å². The fourth-order valence-electron chi connectivity index (χ4n) is 4.67. The molecule has 1 saturated carbocycles. The number of fused-ring (bicyclic) bond motifs is 2. The van der Waals surface area contributed by atoms with Crippen LogP contribution in [0, 0.1) is 11.8 Å². The van der Waals surface area contributed by atoms with Crippen LogP contribution in [0.2, 0.25) is 0 Å². The molecule has 7 nitrogen and oxygen atoms in total. The third-order valence-electron chi connectivity index (χ3n) is 6.68. The van der Waals surface area contributed by atoms with Crippen molar-refractivity contribution in [1.29, 1.82) is 0 Å². The van der Waals surface area contributed by atoms with Crippen molar-refractivity contribution in [3.8, 4) is 0 Å². The lowest BCUT2D eigenvalue weighted by Crippen LogP contribution is -2.40. The molecule has 0 amide bonds. The van der Waals surface area contributed by atoms with Crippen LogP contribution in [0.15, 0.2) is 24.3 Å². The van der Waals surface area contributed by atoms with Gasteiger partial charge in [-0.2, -0.15) is 0 Å². The molecular formula is C22H32O7. The van der Waals surface area contributed by atoms with Crippen molar-refractivity contribution in [2.75, 3.05) is 0 Å². The van der Waals surface area contributed by atoms with Crippen molar-refractivity contribution in [2.45, 2.75) is 89.3 Å². The first kappa shape index (κ1) is 22.0. The van der Waals surface area contributed by atoms with Gasteiger partial charge in [0, 0.05) is 18.4 Å². The first-order valence-electron chi connectivity index (χ1n) is 10.4. The number of ether oxygens (including phenoxy) is 3. The van der Waals surface area contributed by atoms with E-state index in [-0.39, 0.29) is 23.5 Å². The molecule has 1 aliphatic carbocycles. The van der Waals surface area contributed by atoms with Gasteiger partial charge in [0.15, 0.2) is 0 Å². The summed E-state index contributed by atoms with van der Waals surface area (Å²) in [4.78, 5) is 28.7. The molecular weight excluding hydrogens is 376 g/mol. The second-order valence-corrected chi connectivity index (χ2v) is 8.89. The van der Waals surface area contributed by atoms with E-state index in [1.807, 2.05) is 13.8 Å². The molecule has 3 rings (SSSR count). The van der Waals surface area contributed by atoms with E-state index in [0.29, 0.717) is 31.3 Å². The summed E-state index contributed by atoms with van der Waals surface area (Å²) in [5.74, 6) is -1.12. The maximum absolute atomic E-state index is 12.3. The van der Waals surface area contributed by atoms with Crippen LogP contribution in [0.3, 0.4) is 0 Å². The number of carbonyl (C=O) groups is 2. The number of rotatable bonds is 2. The maximum Gasteiger partial charge on any atom is 0.334 e. The summed E-state index contributed by atoms with van der Waals surface area (Å²) in [5, 5.41) is 9.31. The topological polar surface area (TPSA) is 94.6 Å². The third-order valence-corrected chi connectivity index (χ3v) is 6.68. The summed E-state index contributed by atoms with van der Waals surface area (Å²) in [6.45, 7) is 13.4. The Balaban J connectivity index is 1.86. The van der Waals surface area contributed by atoms with Gasteiger partial charge in [-0.05, 0) is 56.9 Å². The molecule has 0 bridgehead atoms. The van der Waals surface area contributed by atoms with E-state index in [4.69, 9.17) is 14.2 Å². The average Bonchev–Trinajstić information content (AvgIpc) is 3.21. The fraction of sp³-hybridized carbons (Fsp3) is 0.727. The minimum absolute atomic E-state index is 0.0270. The molecule has 0 aromatic heterocycles. The van der Waals surface area contributed by atoms with Gasteiger partial charge >= 0.3 is 11.9 Å². The van der Waals surface area contributed by atoms with Gasteiger partial charge in [-0.25, -0.2) is 9.68 Å². The molecule has 7 heteroatoms. The van der Waals surface area contributed by atoms with Crippen LogP contribution in [0.25, 0.3) is 0 Å². The molecule has 0 radical (unpaired) electrons. The summed E-state index contributed by atoms with van der Waals surface area (Å²) < 4.78 is 17.2. The molecule has 1 N–H and O–H groups in total. The number of epoxide rings is 1. The monoisotopic (exact) mass is 408 g/mol. The van der Waals surface area contributed by atoms with Crippen molar-refractivity contribution >= 4 is 11.9 Å². The number of carbonyl (C=O) groups excluding carboxylic acids is 2. The number of hydrogen-bond donors (Lipinski definition) is 1. The lowest BCUT2D eigenvalue weighted by atomic mass is 9.81. The molecule has 2 saturated heterocycles. The highest BCUT2D eigenvalue weighted by atomic mass is 17.1. The van der Waals surface area contributed by atoms with Crippen LogP contribution in [0.4, 0.5) is 0 Å². The molecule has 2 aliphatic heterocycles. The van der Waals surface area contributed by atoms with Gasteiger partial charge in [0.05, 0.1) is 11.7 Å². The standard InChI is InChI=1S/C22H32O7/c1-12-7-6-8-13(2)19(26-15(4)23)20-16(14(3)21(24)27-20)11-18-22(5,28-18)10-9-17(12)29-25/h13,16-20,25H,1,3,6-11H2,2,4-5H3. The van der Waals surface area contributed by atoms with Gasteiger partial charge in [-0.1, -0.05) is 20.1 Å². The minimum Gasteiger partial charge on any atom is -0.458 e. The first-order valence-corrected chi connectivity index (χ1v) is 10.4. The van der Waals surface area contributed by atoms with Crippen LogP contribution < -0.4 is 0 Å². The Morgan fingerprint density at radius 1 is 1.31 bits per heavy atom. The smallest absolute Gasteiger partial charge is 0.334 e. The predicted octanol–water partition coefficient (Wildman–Crippen LogP) is 3.58. The predicted molar refractivity (Wildman–Crippen MR) is 105 cm³/mol. The van der Waals surface area contributed by atoms with E-state index in [2.05, 4.69) is 18.0 Å². The molecule has 0 spiro atoms. The molecule has 3 fully saturated rings. The lowest BCUT2D eigenvalue weighted by Gasteiger charge is -2.31. The van der Waals surface area contributed by atoms with Crippen molar-refractivity contribution in [3.05, 3.63) is 24.3 Å². The van der Waals surface area contributed by atoms with Crippen LogP contribution in [0.1, 0.15) is 59.3 Å². The van der Waals surface area contributed by atoms with Crippen molar-refractivity contribution in [1.82, 2.24) is 0 Å². The molecule has 7 unspecified atom stereocenters. The SMILES string of the molecule is C=C1CCCC(C)C(OC(C)=O)C2OC(=O)C(=C)C2CC2OC2(C)CCC1OO. The Bertz CT molecular complexity index is 687. The number of hydrogen-bond acceptors (Lipinski definition) is 7. The highest BCUT2D eigenvalue weighted by molar-refractivity contribution is 5.91. The van der Waals surface area contributed by atoms with Crippen LogP contribution in [0.5, 0.6) is 0 Å². The first-order chi connectivity index (χ1) is 13.7. The molecule has 29 heavy (non-hydrogen) atoms. The summed E-state index contributed by atoms with van der Waals surface area (Å²) in [6.07, 6.45) is 2.51. The van der Waals surface area contributed by atoms with Crippen molar-refractivity contribution in [2.24, 2.45) is 11.8 Å². The minimum atomic E-state index is -0.554. The highest BCUT2D eigenvalue weighted by Crippen LogP contribution is 2.48. The van der Waals surface area contributed by atoms with E-state index >= 15 is 0 Å². The zero-order valence-corrected chi connectivity index (χ0v) is 17.5. The van der Waals surface area contributed by atoms with Crippen molar-refractivity contribution < 1.29 is 33.9 Å². The van der Waals surface area contributed by atoms with E-state index in [0.717, 1.165) is 18.4 Å². The fourth-order valence-corrected chi connectivity index (χ4v) is 4.67. The van der Waals surface area contributed by atoms with Crippen LogP contribution in [-0.2, 0) is 28.7 Å². The zero-order valence-electron chi connectivity index (χ0n) is 17.5. The molecule has 7 atom stereocenters. The second kappa shape index (κ2) is 8.58. The Kier molecular flexibility index (Phi) is 6.51. The van der Waals surface area contributed by atoms with Gasteiger partial charge in [-0.15, -0.1) is 0 Å². The summed E-state index contributed by atoms with van der Waals surface area (Å²) in [5.41, 5.74) is 0.884. The van der Waals surface area contributed by atoms with Crippen LogP contribution >= 0.6 is 0 Å². The molecule has 0 aromatic rings. The Labute approximate surface area is 172 Å². The summed E-state index contributed by atoms with van der Waals surface area (Å²) in [6, 6.07) is 0. The largest absolute Gasteiger partial charge is 0.458 e. The molecule has 162 valence electrons. The van der Waals surface area contributed by atoms with Crippen molar-refractivity contribution in [3.63, 3.8) is 0 Å². The summed E-state index contributed by atoms with van der Waals surface area (Å²) >= 11 is 0. The van der Waals surface area contributed by atoms with Crippen LogP contribution in [-0.4, -0.2) is 47.2 Å². The van der Waals surface area contributed by atoms with E-state index in [9.17, 15) is 14.8 Å². The summed E-state index contributed by atoms with van der Waals surface area (Å²) in [7, 11) is 0. The Hall–Kier alpha value is -1.70. The third kappa shape index (κ3) is 4.73. The van der Waals surface area contributed by atoms with Gasteiger partial charge in [0.25, 0.3) is 0 Å². The average molecular weight is 408 g/mol. The maximum atomic E-state index is 12.3. The highest BCUT2D eigenvalue weighted by Gasteiger charge is 2.56. The van der Waals surface area contributed by atoms with Gasteiger partial charge < -0.3 is 14.2 Å². The van der Waals surface area contributed by atoms with Gasteiger partial charge in [0.1, 0.15) is 18.3 Å². The molecule has 0 aromatic carbocycles. The Morgan fingerprint density at radius 2 is 2.03 bits per heavy atom. The van der Waals surface area contributed by atoms with Gasteiger partial charge in [0.2, 0.25) is 0 Å². The zero-order chi connectivity index (χ0) is 21.3.